The van der Waals surface area contributed by atoms with Crippen molar-refractivity contribution in [3.8, 4) is 5.75 Å². The highest BCUT2D eigenvalue weighted by Crippen LogP contribution is 2.13. The summed E-state index contributed by atoms with van der Waals surface area (Å²) >= 11 is 0. The first kappa shape index (κ1) is 13.7. The second-order valence-electron chi connectivity index (χ2n) is 3.35. The van der Waals surface area contributed by atoms with Gasteiger partial charge in [-0.1, -0.05) is 0 Å². The van der Waals surface area contributed by atoms with Gasteiger partial charge in [-0.05, 0) is 12.1 Å². The van der Waals surface area contributed by atoms with Crippen molar-refractivity contribution in [2.75, 3.05) is 19.8 Å². The number of hydrogen-bond acceptors (Lipinski definition) is 4. The minimum atomic E-state index is -4.28. The Balaban J connectivity index is 2.07. The van der Waals surface area contributed by atoms with Crippen LogP contribution in [0.2, 0.25) is 0 Å². The first-order chi connectivity index (χ1) is 7.97. The van der Waals surface area contributed by atoms with Gasteiger partial charge in [-0.2, -0.15) is 13.2 Å². The van der Waals surface area contributed by atoms with Crippen LogP contribution in [0.1, 0.15) is 5.69 Å². The van der Waals surface area contributed by atoms with E-state index in [1.165, 1.54) is 12.3 Å². The van der Waals surface area contributed by atoms with Crippen LogP contribution in [0.5, 0.6) is 5.75 Å². The summed E-state index contributed by atoms with van der Waals surface area (Å²) in [6.07, 6.45) is -2.98. The summed E-state index contributed by atoms with van der Waals surface area (Å²) in [6.45, 7) is -0.530. The molecule has 4 nitrogen and oxygen atoms in total. The lowest BCUT2D eigenvalue weighted by Crippen LogP contribution is -2.23. The lowest BCUT2D eigenvalue weighted by Gasteiger charge is -2.08. The van der Waals surface area contributed by atoms with Crippen molar-refractivity contribution in [1.29, 1.82) is 0 Å². The summed E-state index contributed by atoms with van der Waals surface area (Å²) in [6, 6.07) is 3.11. The zero-order valence-electron chi connectivity index (χ0n) is 9.00. The predicted molar refractivity (Wildman–Crippen MR) is 54.5 cm³/mol. The quantitative estimate of drug-likeness (QED) is 0.750. The Labute approximate surface area is 96.4 Å². The lowest BCUT2D eigenvalue weighted by atomic mass is 10.3. The first-order valence-electron chi connectivity index (χ1n) is 4.96. The van der Waals surface area contributed by atoms with E-state index >= 15 is 0 Å². The van der Waals surface area contributed by atoms with Crippen LogP contribution in [0.3, 0.4) is 0 Å². The van der Waals surface area contributed by atoms with E-state index in [2.05, 4.69) is 15.0 Å². The summed E-state index contributed by atoms with van der Waals surface area (Å²) in [5.41, 5.74) is 0.693. The largest absolute Gasteiger partial charge is 0.506 e. The van der Waals surface area contributed by atoms with Crippen molar-refractivity contribution in [2.45, 2.75) is 12.7 Å². The molecule has 0 atom stereocenters. The maximum Gasteiger partial charge on any atom is 0.411 e. The number of aromatic hydroxyl groups is 1. The Morgan fingerprint density at radius 2 is 2.12 bits per heavy atom. The molecule has 0 unspecified atom stereocenters. The van der Waals surface area contributed by atoms with Gasteiger partial charge in [-0.3, -0.25) is 4.98 Å². The number of nitrogens with one attached hydrogen (secondary N) is 1. The number of ether oxygens (including phenoxy) is 1. The van der Waals surface area contributed by atoms with Gasteiger partial charge in [0.05, 0.1) is 18.5 Å². The van der Waals surface area contributed by atoms with Gasteiger partial charge >= 0.3 is 6.18 Å². The van der Waals surface area contributed by atoms with Gasteiger partial charge in [0.15, 0.2) is 0 Å². The Morgan fingerprint density at radius 3 is 2.71 bits per heavy atom. The molecule has 0 aliphatic carbocycles. The summed E-state index contributed by atoms with van der Waals surface area (Å²) in [5.74, 6) is 0.0715. The summed E-state index contributed by atoms with van der Waals surface area (Å²) in [7, 11) is 0. The number of rotatable bonds is 6. The van der Waals surface area contributed by atoms with E-state index in [-0.39, 0.29) is 12.4 Å². The topological polar surface area (TPSA) is 54.4 Å². The molecule has 17 heavy (non-hydrogen) atoms. The Kier molecular flexibility index (Phi) is 5.17. The minimum Gasteiger partial charge on any atom is -0.506 e. The molecule has 1 aromatic rings. The molecule has 0 aliphatic heterocycles. The van der Waals surface area contributed by atoms with Gasteiger partial charge in [-0.25, -0.2) is 0 Å². The molecule has 1 rings (SSSR count). The Morgan fingerprint density at radius 1 is 1.35 bits per heavy atom. The fraction of sp³-hybridized carbons (Fsp3) is 0.500. The molecular formula is C10H13F3N2O2. The minimum absolute atomic E-state index is 0.0163. The molecule has 0 fully saturated rings. The van der Waals surface area contributed by atoms with E-state index < -0.39 is 12.8 Å². The van der Waals surface area contributed by atoms with E-state index in [4.69, 9.17) is 5.11 Å². The van der Waals surface area contributed by atoms with Crippen LogP contribution in [0.25, 0.3) is 0 Å². The van der Waals surface area contributed by atoms with Crippen LogP contribution >= 0.6 is 0 Å². The average Bonchev–Trinajstić information content (AvgIpc) is 2.24. The second-order valence-corrected chi connectivity index (χ2v) is 3.35. The number of nitrogens with zero attached hydrogens (tertiary/aromatic N) is 1. The van der Waals surface area contributed by atoms with Gasteiger partial charge in [0.1, 0.15) is 12.4 Å². The molecule has 1 aromatic heterocycles. The van der Waals surface area contributed by atoms with Crippen molar-refractivity contribution in [1.82, 2.24) is 10.3 Å². The molecule has 7 heteroatoms. The molecule has 0 saturated carbocycles. The Hall–Kier alpha value is -1.34. The van der Waals surface area contributed by atoms with E-state index in [0.717, 1.165) is 0 Å². The van der Waals surface area contributed by atoms with Crippen LogP contribution in [0, 0.1) is 0 Å². The molecule has 1 heterocycles. The monoisotopic (exact) mass is 250 g/mol. The highest BCUT2D eigenvalue weighted by Gasteiger charge is 2.27. The van der Waals surface area contributed by atoms with E-state index in [0.29, 0.717) is 18.8 Å². The highest BCUT2D eigenvalue weighted by molar-refractivity contribution is 5.17. The van der Waals surface area contributed by atoms with Gasteiger partial charge in [0.2, 0.25) is 0 Å². The van der Waals surface area contributed by atoms with Crippen molar-refractivity contribution < 1.29 is 23.0 Å². The molecule has 96 valence electrons. The van der Waals surface area contributed by atoms with Gasteiger partial charge in [0, 0.05) is 13.1 Å². The molecule has 0 saturated heterocycles. The molecule has 0 aliphatic rings. The zero-order valence-corrected chi connectivity index (χ0v) is 9.00. The van der Waals surface area contributed by atoms with Crippen molar-refractivity contribution in [2.24, 2.45) is 0 Å². The average molecular weight is 250 g/mol. The van der Waals surface area contributed by atoms with Crippen molar-refractivity contribution >= 4 is 0 Å². The summed E-state index contributed by atoms with van der Waals surface area (Å²) < 4.78 is 39.5. The van der Waals surface area contributed by atoms with Crippen LogP contribution in [0.4, 0.5) is 13.2 Å². The normalized spacial score (nSPS) is 11.7. The van der Waals surface area contributed by atoms with Crippen LogP contribution in [-0.2, 0) is 11.3 Å². The molecule has 0 aromatic carbocycles. The SMILES string of the molecule is Oc1ccc(CNCCOCC(F)(F)F)nc1. The zero-order chi connectivity index (χ0) is 12.7. The standard InChI is InChI=1S/C10H13F3N2O2/c11-10(12,13)7-17-4-3-14-5-8-1-2-9(16)6-15-8/h1-2,6,14,16H,3-5,7H2. The number of pyridine rings is 1. The van der Waals surface area contributed by atoms with Crippen molar-refractivity contribution in [3.63, 3.8) is 0 Å². The molecular weight excluding hydrogens is 237 g/mol. The third-order valence-electron chi connectivity index (χ3n) is 1.80. The number of halogens is 3. The van der Waals surface area contributed by atoms with E-state index in [9.17, 15) is 13.2 Å². The number of aromatic nitrogens is 1. The van der Waals surface area contributed by atoms with E-state index in [1.807, 2.05) is 0 Å². The third-order valence-corrected chi connectivity index (χ3v) is 1.80. The summed E-state index contributed by atoms with van der Waals surface area (Å²) in [5, 5.41) is 11.8. The van der Waals surface area contributed by atoms with Crippen LogP contribution in [-0.4, -0.2) is 36.0 Å². The molecule has 0 amide bonds. The van der Waals surface area contributed by atoms with Crippen LogP contribution in [0.15, 0.2) is 18.3 Å². The van der Waals surface area contributed by atoms with Crippen molar-refractivity contribution in [3.05, 3.63) is 24.0 Å². The maximum absolute atomic E-state index is 11.7. The molecule has 0 bridgehead atoms. The molecule has 0 radical (unpaired) electrons. The Bertz CT molecular complexity index is 327. The van der Waals surface area contributed by atoms with E-state index in [1.54, 1.807) is 6.07 Å². The number of alkyl halides is 3. The smallest absolute Gasteiger partial charge is 0.411 e. The highest BCUT2D eigenvalue weighted by atomic mass is 19.4. The van der Waals surface area contributed by atoms with Gasteiger partial charge in [-0.15, -0.1) is 0 Å². The molecule has 0 spiro atoms. The fourth-order valence-corrected chi connectivity index (χ4v) is 1.07. The predicted octanol–water partition coefficient (Wildman–Crippen LogP) is 1.46. The summed E-state index contributed by atoms with van der Waals surface area (Å²) in [4.78, 5) is 3.90. The maximum atomic E-state index is 11.7. The van der Waals surface area contributed by atoms with Crippen LogP contribution < -0.4 is 5.32 Å². The molecule has 2 N–H and O–H groups in total. The first-order valence-corrected chi connectivity index (χ1v) is 4.96. The van der Waals surface area contributed by atoms with Gasteiger partial charge in [0.25, 0.3) is 0 Å². The third kappa shape index (κ3) is 6.75. The fourth-order valence-electron chi connectivity index (χ4n) is 1.07. The van der Waals surface area contributed by atoms with Gasteiger partial charge < -0.3 is 15.2 Å². The lowest BCUT2D eigenvalue weighted by molar-refractivity contribution is -0.173. The second kappa shape index (κ2) is 6.41. The number of hydrogen-bond donors (Lipinski definition) is 2.